The maximum Gasteiger partial charge on any atom is 0.249 e. The van der Waals surface area contributed by atoms with Gasteiger partial charge in [-0.1, -0.05) is 29.8 Å². The third-order valence-corrected chi connectivity index (χ3v) is 5.68. The van der Waals surface area contributed by atoms with Gasteiger partial charge in [-0.25, -0.2) is 9.97 Å². The first-order valence-corrected chi connectivity index (χ1v) is 12.2. The zero-order valence-electron chi connectivity index (χ0n) is 21.4. The number of aromatic nitrogens is 2. The second-order valence-electron chi connectivity index (χ2n) is 8.46. The van der Waals surface area contributed by atoms with E-state index in [0.717, 1.165) is 30.5 Å². The van der Waals surface area contributed by atoms with Crippen LogP contribution >= 0.6 is 11.6 Å². The number of hydrogen-bond donors (Lipinski definition) is 4. The van der Waals surface area contributed by atoms with Gasteiger partial charge in [-0.05, 0) is 63.3 Å². The van der Waals surface area contributed by atoms with Crippen molar-refractivity contribution in [3.8, 4) is 5.75 Å². The largest absolute Gasteiger partial charge is 0.495 e. The van der Waals surface area contributed by atoms with Crippen LogP contribution in [0.2, 0.25) is 0 Å². The predicted molar refractivity (Wildman–Crippen MR) is 151 cm³/mol. The topological polar surface area (TPSA) is 115 Å². The maximum absolute atomic E-state index is 12.3. The van der Waals surface area contributed by atoms with E-state index >= 15 is 0 Å². The molecule has 0 saturated carbocycles. The number of allylic oxidation sites excluding steroid dienone is 5. The zero-order chi connectivity index (χ0) is 26.8. The van der Waals surface area contributed by atoms with Gasteiger partial charge in [0.25, 0.3) is 0 Å². The van der Waals surface area contributed by atoms with Gasteiger partial charge in [-0.15, -0.1) is 0 Å². The van der Waals surface area contributed by atoms with E-state index in [9.17, 15) is 4.79 Å². The third-order valence-electron chi connectivity index (χ3n) is 5.55. The summed E-state index contributed by atoms with van der Waals surface area (Å²) in [6, 6.07) is 5.49. The highest BCUT2D eigenvalue weighted by Crippen LogP contribution is 2.34. The van der Waals surface area contributed by atoms with Crippen LogP contribution in [0.1, 0.15) is 17.7 Å². The average molecular weight is 522 g/mol. The summed E-state index contributed by atoms with van der Waals surface area (Å²) in [5, 5.41) is 17.5. The lowest BCUT2D eigenvalue weighted by molar-refractivity contribution is -0.111. The fourth-order valence-electron chi connectivity index (χ4n) is 3.81. The monoisotopic (exact) mass is 521 g/mol. The van der Waals surface area contributed by atoms with Gasteiger partial charge in [-0.3, -0.25) is 4.79 Å². The Morgan fingerprint density at radius 1 is 1.22 bits per heavy atom. The van der Waals surface area contributed by atoms with Crippen LogP contribution in [0.4, 0.5) is 17.3 Å². The molecule has 9 nitrogen and oxygen atoms in total. The van der Waals surface area contributed by atoms with Crippen molar-refractivity contribution in [2.24, 2.45) is 0 Å². The van der Waals surface area contributed by atoms with E-state index in [2.05, 4.69) is 30.8 Å². The summed E-state index contributed by atoms with van der Waals surface area (Å²) in [6.45, 7) is 0.906. The maximum atomic E-state index is 12.3. The number of nitrogens with zero attached hydrogens (tertiary/aromatic N) is 3. The number of halogens is 1. The Balaban J connectivity index is 1.97. The fraction of sp³-hybridized carbons (Fsp3) is 0.259. The summed E-state index contributed by atoms with van der Waals surface area (Å²) in [5.41, 5.74) is 5.79. The number of amides is 1. The number of anilines is 3. The number of aryl methyl sites for hydroxylation is 1. The Morgan fingerprint density at radius 3 is 2.68 bits per heavy atom. The summed E-state index contributed by atoms with van der Waals surface area (Å²) in [5.74, 6) is 0.596. The second-order valence-corrected chi connectivity index (χ2v) is 8.71. The van der Waals surface area contributed by atoms with Crippen molar-refractivity contribution in [1.82, 2.24) is 20.2 Å². The molecule has 1 aromatic carbocycles. The van der Waals surface area contributed by atoms with Crippen molar-refractivity contribution >= 4 is 46.2 Å². The predicted octanol–water partition coefficient (Wildman–Crippen LogP) is 4.49. The molecule has 0 aliphatic heterocycles. The lowest BCUT2D eigenvalue weighted by Crippen LogP contribution is -2.15. The second kappa shape index (κ2) is 13.4. The Bertz CT molecular complexity index is 1270. The van der Waals surface area contributed by atoms with E-state index in [-0.39, 0.29) is 5.91 Å². The van der Waals surface area contributed by atoms with Crippen molar-refractivity contribution in [2.45, 2.75) is 12.8 Å². The highest BCUT2D eigenvalue weighted by Gasteiger charge is 2.16. The molecular formula is C27H32ClN7O2. The van der Waals surface area contributed by atoms with Gasteiger partial charge < -0.3 is 31.0 Å². The molecule has 1 aromatic heterocycles. The van der Waals surface area contributed by atoms with Gasteiger partial charge >= 0.3 is 0 Å². The summed E-state index contributed by atoms with van der Waals surface area (Å²) in [7, 11) is 7.43. The van der Waals surface area contributed by atoms with E-state index in [0.29, 0.717) is 40.2 Å². The highest BCUT2D eigenvalue weighted by molar-refractivity contribution is 6.27. The van der Waals surface area contributed by atoms with Crippen molar-refractivity contribution in [2.75, 3.05) is 45.4 Å². The summed E-state index contributed by atoms with van der Waals surface area (Å²) < 4.78 is 5.66. The molecule has 0 saturated heterocycles. The molecule has 1 amide bonds. The van der Waals surface area contributed by atoms with Gasteiger partial charge in [0.15, 0.2) is 0 Å². The van der Waals surface area contributed by atoms with E-state index < -0.39 is 0 Å². The van der Waals surface area contributed by atoms with E-state index in [1.165, 1.54) is 11.6 Å². The van der Waals surface area contributed by atoms with Crippen molar-refractivity contribution < 1.29 is 9.53 Å². The molecule has 3 rings (SSSR count). The summed E-state index contributed by atoms with van der Waals surface area (Å²) in [4.78, 5) is 23.4. The number of nitrogens with one attached hydrogen (secondary N) is 4. The summed E-state index contributed by atoms with van der Waals surface area (Å²) in [6.07, 6.45) is 11.8. The first kappa shape index (κ1) is 27.6. The molecule has 10 heteroatoms. The molecule has 4 N–H and O–H groups in total. The standard InChI is InChI=1S/C27H32ClN7O2/c1-30-26(19-9-5-6-10-20(19)29)21-12-14-31-27(33-21)34-23-17-22(32-25(36)11-13-28)18(16-24(23)37-4)8-7-15-35(2)3/h5-6,9-14,16-17,29-30H,7-8,15H2,1-4H3,(H,32,36)(H,31,33,34)/b13-11+,26-19-,29-20?. The van der Waals surface area contributed by atoms with Crippen molar-refractivity contribution in [3.05, 3.63) is 77.1 Å². The number of ether oxygens (including phenoxy) is 1. The van der Waals surface area contributed by atoms with E-state index in [1.807, 2.05) is 44.5 Å². The first-order chi connectivity index (χ1) is 17.9. The normalized spacial score (nSPS) is 14.3. The molecule has 1 aliphatic carbocycles. The molecule has 0 spiro atoms. The lowest BCUT2D eigenvalue weighted by Gasteiger charge is -2.18. The minimum Gasteiger partial charge on any atom is -0.495 e. The molecule has 2 aromatic rings. The molecular weight excluding hydrogens is 490 g/mol. The smallest absolute Gasteiger partial charge is 0.249 e. The van der Waals surface area contributed by atoms with Gasteiger partial charge in [-0.2, -0.15) is 0 Å². The third kappa shape index (κ3) is 7.52. The van der Waals surface area contributed by atoms with Crippen LogP contribution in [0.3, 0.4) is 0 Å². The Hall–Kier alpha value is -3.95. The van der Waals surface area contributed by atoms with Crippen LogP contribution in [0.15, 0.2) is 65.9 Å². The molecule has 37 heavy (non-hydrogen) atoms. The Kier molecular flexibility index (Phi) is 10.00. The number of methoxy groups -OCH3 is 1. The molecule has 0 radical (unpaired) electrons. The Labute approximate surface area is 222 Å². The SMILES string of the molecule is CN/C(=C1/C=CC=CC1=N)c1ccnc(Nc2cc(NC(=O)/C=C/Cl)c(CCCN(C)C)cc2OC)n1. The number of hydrogen-bond acceptors (Lipinski definition) is 8. The van der Waals surface area contributed by atoms with Crippen LogP contribution in [-0.2, 0) is 11.2 Å². The van der Waals surface area contributed by atoms with Gasteiger partial charge in [0.05, 0.1) is 29.9 Å². The van der Waals surface area contributed by atoms with E-state index in [4.69, 9.17) is 21.7 Å². The number of carbonyl (C=O) groups excluding carboxylic acids is 1. The molecule has 1 heterocycles. The van der Waals surface area contributed by atoms with Gasteiger partial charge in [0.2, 0.25) is 11.9 Å². The fourth-order valence-corrected chi connectivity index (χ4v) is 3.92. The highest BCUT2D eigenvalue weighted by atomic mass is 35.5. The first-order valence-electron chi connectivity index (χ1n) is 11.8. The number of benzene rings is 1. The van der Waals surface area contributed by atoms with Crippen LogP contribution in [-0.4, -0.2) is 61.3 Å². The molecule has 0 fully saturated rings. The van der Waals surface area contributed by atoms with Crippen LogP contribution in [0, 0.1) is 5.41 Å². The zero-order valence-corrected chi connectivity index (χ0v) is 22.2. The molecule has 0 unspecified atom stereocenters. The quantitative estimate of drug-likeness (QED) is 0.322. The van der Waals surface area contributed by atoms with Crippen molar-refractivity contribution in [1.29, 1.82) is 5.41 Å². The minimum atomic E-state index is -0.333. The molecule has 194 valence electrons. The van der Waals surface area contributed by atoms with Crippen LogP contribution < -0.4 is 20.7 Å². The summed E-state index contributed by atoms with van der Waals surface area (Å²) >= 11 is 5.60. The molecule has 1 aliphatic rings. The van der Waals surface area contributed by atoms with Crippen molar-refractivity contribution in [3.63, 3.8) is 0 Å². The molecule has 0 atom stereocenters. The van der Waals surface area contributed by atoms with Crippen LogP contribution in [0.25, 0.3) is 5.70 Å². The van der Waals surface area contributed by atoms with Gasteiger partial charge in [0.1, 0.15) is 5.75 Å². The Morgan fingerprint density at radius 2 is 2.00 bits per heavy atom. The average Bonchev–Trinajstić information content (AvgIpc) is 2.87. The number of carbonyl (C=O) groups is 1. The van der Waals surface area contributed by atoms with Gasteiger partial charge in [0, 0.05) is 36.1 Å². The number of rotatable bonds is 11. The minimum absolute atomic E-state index is 0.333. The lowest BCUT2D eigenvalue weighted by atomic mass is 10.0. The van der Waals surface area contributed by atoms with Crippen LogP contribution in [0.5, 0.6) is 5.75 Å². The van der Waals surface area contributed by atoms with E-state index in [1.54, 1.807) is 32.5 Å². The molecule has 0 bridgehead atoms.